The van der Waals surface area contributed by atoms with Gasteiger partial charge in [-0.1, -0.05) is 0 Å². The Morgan fingerprint density at radius 1 is 1.55 bits per heavy atom. The summed E-state index contributed by atoms with van der Waals surface area (Å²) in [5.74, 6) is 1.67. The van der Waals surface area contributed by atoms with Gasteiger partial charge in [-0.3, -0.25) is 0 Å². The first kappa shape index (κ1) is 7.85. The van der Waals surface area contributed by atoms with E-state index < -0.39 is 0 Å². The Labute approximate surface area is 66.4 Å². The van der Waals surface area contributed by atoms with Crippen molar-refractivity contribution >= 4 is 5.82 Å². The summed E-state index contributed by atoms with van der Waals surface area (Å²) in [5, 5.41) is 3.09. The monoisotopic (exact) mass is 152 g/mol. The number of anilines is 1. The smallest absolute Gasteiger partial charge is 0.137 e. The fourth-order valence-electron chi connectivity index (χ4n) is 0.787. The Morgan fingerprint density at radius 2 is 2.36 bits per heavy atom. The maximum Gasteiger partial charge on any atom is 0.137 e. The molecule has 0 aromatic carbocycles. The molecule has 0 amide bonds. The van der Waals surface area contributed by atoms with E-state index >= 15 is 0 Å². The highest BCUT2D eigenvalue weighted by molar-refractivity contribution is 5.36. The number of hydrogen-bond acceptors (Lipinski definition) is 3. The molecule has 1 aromatic rings. The first-order valence-corrected chi connectivity index (χ1v) is 3.60. The summed E-state index contributed by atoms with van der Waals surface area (Å²) in [7, 11) is 1.63. The number of hydrogen-bond donors (Lipinski definition) is 1. The second-order valence-corrected chi connectivity index (χ2v) is 2.11. The van der Waals surface area contributed by atoms with Crippen molar-refractivity contribution < 1.29 is 4.74 Å². The molecule has 0 saturated carbocycles. The van der Waals surface area contributed by atoms with Crippen LogP contribution in [-0.2, 0) is 0 Å². The predicted octanol–water partition coefficient (Wildman–Crippen LogP) is 1.52. The van der Waals surface area contributed by atoms with Crippen LogP contribution in [0.4, 0.5) is 5.82 Å². The predicted molar refractivity (Wildman–Crippen MR) is 45.0 cm³/mol. The lowest BCUT2D eigenvalue weighted by Gasteiger charge is -2.02. The SMILES string of the molecule is CCNc1ccc(OC)cn1. The quantitative estimate of drug-likeness (QED) is 0.713. The van der Waals surface area contributed by atoms with Crippen LogP contribution in [0, 0.1) is 0 Å². The number of ether oxygens (including phenoxy) is 1. The molecule has 0 aliphatic rings. The van der Waals surface area contributed by atoms with Crippen LogP contribution in [-0.4, -0.2) is 18.6 Å². The summed E-state index contributed by atoms with van der Waals surface area (Å²) >= 11 is 0. The molecule has 0 unspecified atom stereocenters. The second-order valence-electron chi connectivity index (χ2n) is 2.11. The molecule has 1 N–H and O–H groups in total. The molecule has 60 valence electrons. The van der Waals surface area contributed by atoms with Crippen LogP contribution in [0.2, 0.25) is 0 Å². The largest absolute Gasteiger partial charge is 0.495 e. The molecule has 11 heavy (non-hydrogen) atoms. The highest BCUT2D eigenvalue weighted by Gasteiger charge is 1.91. The van der Waals surface area contributed by atoms with Gasteiger partial charge in [-0.05, 0) is 19.1 Å². The standard InChI is InChI=1S/C8H12N2O/c1-3-9-8-5-4-7(11-2)6-10-8/h4-6H,3H2,1-2H3,(H,9,10). The van der Waals surface area contributed by atoms with Gasteiger partial charge in [-0.15, -0.1) is 0 Å². The van der Waals surface area contributed by atoms with Gasteiger partial charge >= 0.3 is 0 Å². The Balaban J connectivity index is 2.66. The molecular weight excluding hydrogens is 140 g/mol. The minimum atomic E-state index is 0.784. The molecule has 0 aliphatic carbocycles. The Hall–Kier alpha value is -1.25. The van der Waals surface area contributed by atoms with Gasteiger partial charge in [0.2, 0.25) is 0 Å². The molecule has 1 heterocycles. The molecule has 0 radical (unpaired) electrons. The van der Waals surface area contributed by atoms with E-state index in [1.54, 1.807) is 13.3 Å². The fraction of sp³-hybridized carbons (Fsp3) is 0.375. The van der Waals surface area contributed by atoms with E-state index in [9.17, 15) is 0 Å². The summed E-state index contributed by atoms with van der Waals surface area (Å²) in [5.41, 5.74) is 0. The highest BCUT2D eigenvalue weighted by atomic mass is 16.5. The average molecular weight is 152 g/mol. The van der Waals surface area contributed by atoms with Crippen molar-refractivity contribution in [3.8, 4) is 5.75 Å². The zero-order valence-electron chi connectivity index (χ0n) is 6.79. The Morgan fingerprint density at radius 3 is 2.82 bits per heavy atom. The first-order valence-electron chi connectivity index (χ1n) is 3.60. The van der Waals surface area contributed by atoms with Gasteiger partial charge < -0.3 is 10.1 Å². The van der Waals surface area contributed by atoms with Crippen molar-refractivity contribution in [1.29, 1.82) is 0 Å². The molecular formula is C8H12N2O. The third-order valence-corrected chi connectivity index (χ3v) is 1.33. The molecule has 0 bridgehead atoms. The van der Waals surface area contributed by atoms with Crippen LogP contribution in [0.1, 0.15) is 6.92 Å². The number of aromatic nitrogens is 1. The van der Waals surface area contributed by atoms with Crippen LogP contribution in [0.3, 0.4) is 0 Å². The summed E-state index contributed by atoms with van der Waals surface area (Å²) in [4.78, 5) is 4.10. The minimum Gasteiger partial charge on any atom is -0.495 e. The number of nitrogens with one attached hydrogen (secondary N) is 1. The van der Waals surface area contributed by atoms with Crippen molar-refractivity contribution in [2.24, 2.45) is 0 Å². The van der Waals surface area contributed by atoms with Crippen LogP contribution < -0.4 is 10.1 Å². The van der Waals surface area contributed by atoms with Gasteiger partial charge in [0.05, 0.1) is 13.3 Å². The van der Waals surface area contributed by atoms with Crippen molar-refractivity contribution in [2.45, 2.75) is 6.92 Å². The molecule has 0 aliphatic heterocycles. The molecule has 0 fully saturated rings. The molecule has 0 saturated heterocycles. The van der Waals surface area contributed by atoms with Gasteiger partial charge in [0.1, 0.15) is 11.6 Å². The summed E-state index contributed by atoms with van der Waals surface area (Å²) < 4.78 is 4.96. The maximum absolute atomic E-state index is 4.96. The van der Waals surface area contributed by atoms with Crippen LogP contribution in [0.5, 0.6) is 5.75 Å². The third-order valence-electron chi connectivity index (χ3n) is 1.33. The van der Waals surface area contributed by atoms with E-state index in [2.05, 4.69) is 10.3 Å². The number of methoxy groups -OCH3 is 1. The van der Waals surface area contributed by atoms with Gasteiger partial charge in [-0.2, -0.15) is 0 Å². The first-order chi connectivity index (χ1) is 5.36. The van der Waals surface area contributed by atoms with E-state index in [4.69, 9.17) is 4.74 Å². The summed E-state index contributed by atoms with van der Waals surface area (Å²) in [6.45, 7) is 2.92. The molecule has 3 nitrogen and oxygen atoms in total. The van der Waals surface area contributed by atoms with E-state index in [1.165, 1.54) is 0 Å². The number of nitrogens with zero attached hydrogens (tertiary/aromatic N) is 1. The molecule has 1 rings (SSSR count). The lowest BCUT2D eigenvalue weighted by molar-refractivity contribution is 0.413. The van der Waals surface area contributed by atoms with Crippen molar-refractivity contribution in [2.75, 3.05) is 19.0 Å². The van der Waals surface area contributed by atoms with E-state index in [1.807, 2.05) is 19.1 Å². The number of pyridine rings is 1. The lowest BCUT2D eigenvalue weighted by atomic mass is 10.4. The second kappa shape index (κ2) is 3.81. The van der Waals surface area contributed by atoms with Crippen molar-refractivity contribution in [3.05, 3.63) is 18.3 Å². The Bertz CT molecular complexity index is 208. The van der Waals surface area contributed by atoms with E-state index in [-0.39, 0.29) is 0 Å². The highest BCUT2D eigenvalue weighted by Crippen LogP contribution is 2.10. The van der Waals surface area contributed by atoms with Gasteiger partial charge in [-0.25, -0.2) is 4.98 Å². The summed E-state index contributed by atoms with van der Waals surface area (Å²) in [6.07, 6.45) is 1.69. The van der Waals surface area contributed by atoms with E-state index in [0.29, 0.717) is 0 Å². The maximum atomic E-state index is 4.96. The van der Waals surface area contributed by atoms with Crippen LogP contribution in [0.15, 0.2) is 18.3 Å². The summed E-state index contributed by atoms with van der Waals surface area (Å²) in [6, 6.07) is 3.77. The third kappa shape index (κ3) is 2.11. The zero-order valence-corrected chi connectivity index (χ0v) is 6.79. The minimum absolute atomic E-state index is 0.784. The topological polar surface area (TPSA) is 34.1 Å². The van der Waals surface area contributed by atoms with Gasteiger partial charge in [0.15, 0.2) is 0 Å². The zero-order chi connectivity index (χ0) is 8.10. The fourth-order valence-corrected chi connectivity index (χ4v) is 0.787. The molecule has 1 aromatic heterocycles. The van der Waals surface area contributed by atoms with Crippen LogP contribution >= 0.6 is 0 Å². The van der Waals surface area contributed by atoms with Crippen LogP contribution in [0.25, 0.3) is 0 Å². The van der Waals surface area contributed by atoms with Crippen molar-refractivity contribution in [1.82, 2.24) is 4.98 Å². The Kier molecular flexibility index (Phi) is 2.72. The normalized spacial score (nSPS) is 9.27. The molecule has 3 heteroatoms. The van der Waals surface area contributed by atoms with Gasteiger partial charge in [0.25, 0.3) is 0 Å². The van der Waals surface area contributed by atoms with E-state index in [0.717, 1.165) is 18.1 Å². The lowest BCUT2D eigenvalue weighted by Crippen LogP contribution is -1.98. The molecule has 0 atom stereocenters. The number of rotatable bonds is 3. The van der Waals surface area contributed by atoms with Crippen molar-refractivity contribution in [3.63, 3.8) is 0 Å². The average Bonchev–Trinajstić information content (AvgIpc) is 2.07. The molecule has 0 spiro atoms. The van der Waals surface area contributed by atoms with Gasteiger partial charge in [0, 0.05) is 6.54 Å².